The highest BCUT2D eigenvalue weighted by molar-refractivity contribution is 7.91. The minimum Gasteiger partial charge on any atom is -0.323 e. The Morgan fingerprint density at radius 3 is 2.47 bits per heavy atom. The summed E-state index contributed by atoms with van der Waals surface area (Å²) in [6, 6.07) is 1.56. The Morgan fingerprint density at radius 2 is 1.89 bits per heavy atom. The largest absolute Gasteiger partial charge is 0.323 e. The number of carbonyl (C=O) groups excluding carboxylic acids is 1. The fourth-order valence-electron chi connectivity index (χ4n) is 1.86. The lowest BCUT2D eigenvalue weighted by Gasteiger charge is -2.10. The molecule has 0 aromatic heterocycles. The first kappa shape index (κ1) is 13.9. The van der Waals surface area contributed by atoms with E-state index >= 15 is 0 Å². The molecule has 1 aliphatic heterocycles. The predicted octanol–water partition coefficient (Wildman–Crippen LogP) is 1.48. The summed E-state index contributed by atoms with van der Waals surface area (Å²) < 4.78 is 61.4. The summed E-state index contributed by atoms with van der Waals surface area (Å²) in [4.78, 5) is 11.7. The van der Waals surface area contributed by atoms with E-state index in [0.717, 1.165) is 6.07 Å². The van der Waals surface area contributed by atoms with Crippen molar-refractivity contribution in [3.63, 3.8) is 0 Å². The number of nitrogens with one attached hydrogen (secondary N) is 1. The van der Waals surface area contributed by atoms with Crippen molar-refractivity contribution in [2.24, 2.45) is 5.92 Å². The highest BCUT2D eigenvalue weighted by Crippen LogP contribution is 2.23. The van der Waals surface area contributed by atoms with Crippen LogP contribution in [0.2, 0.25) is 0 Å². The second-order valence-electron chi connectivity index (χ2n) is 4.31. The number of hydrogen-bond donors (Lipinski definition) is 1. The van der Waals surface area contributed by atoms with Gasteiger partial charge in [-0.05, 0) is 18.6 Å². The Kier molecular flexibility index (Phi) is 3.53. The van der Waals surface area contributed by atoms with Crippen molar-refractivity contribution >= 4 is 21.4 Å². The van der Waals surface area contributed by atoms with Gasteiger partial charge in [0.15, 0.2) is 27.3 Å². The number of rotatable bonds is 2. The molecule has 0 aliphatic carbocycles. The minimum atomic E-state index is -3.25. The monoisotopic (exact) mass is 293 g/mol. The lowest BCUT2D eigenvalue weighted by Crippen LogP contribution is -2.24. The van der Waals surface area contributed by atoms with Crippen molar-refractivity contribution in [1.82, 2.24) is 0 Å². The van der Waals surface area contributed by atoms with Gasteiger partial charge in [-0.25, -0.2) is 21.6 Å². The van der Waals surface area contributed by atoms with E-state index in [2.05, 4.69) is 5.32 Å². The summed E-state index contributed by atoms with van der Waals surface area (Å²) in [6.07, 6.45) is 0.138. The van der Waals surface area contributed by atoms with Crippen molar-refractivity contribution in [2.75, 3.05) is 16.8 Å². The average Bonchev–Trinajstić information content (AvgIpc) is 2.70. The molecular weight excluding hydrogens is 283 g/mol. The second-order valence-corrected chi connectivity index (χ2v) is 6.54. The molecule has 1 saturated heterocycles. The van der Waals surface area contributed by atoms with Gasteiger partial charge >= 0.3 is 0 Å². The smallest absolute Gasteiger partial charge is 0.228 e. The van der Waals surface area contributed by atoms with Crippen molar-refractivity contribution in [3.05, 3.63) is 29.6 Å². The normalized spacial score (nSPS) is 21.3. The van der Waals surface area contributed by atoms with E-state index < -0.39 is 44.8 Å². The number of carbonyl (C=O) groups is 1. The molecule has 2 rings (SSSR count). The molecular formula is C11H10F3NO3S. The van der Waals surface area contributed by atoms with Crippen molar-refractivity contribution in [3.8, 4) is 0 Å². The lowest BCUT2D eigenvalue weighted by molar-refractivity contribution is -0.119. The zero-order chi connectivity index (χ0) is 14.2. The first-order valence-electron chi connectivity index (χ1n) is 5.45. The molecule has 1 aliphatic rings. The number of anilines is 1. The first-order chi connectivity index (χ1) is 8.80. The van der Waals surface area contributed by atoms with Crippen molar-refractivity contribution in [1.29, 1.82) is 0 Å². The van der Waals surface area contributed by atoms with Gasteiger partial charge in [-0.15, -0.1) is 0 Å². The molecule has 8 heteroatoms. The van der Waals surface area contributed by atoms with Crippen molar-refractivity contribution < 1.29 is 26.4 Å². The minimum absolute atomic E-state index is 0.106. The van der Waals surface area contributed by atoms with Gasteiger partial charge in [-0.3, -0.25) is 4.79 Å². The maximum Gasteiger partial charge on any atom is 0.228 e. The van der Waals surface area contributed by atoms with E-state index in [1.807, 2.05) is 0 Å². The maximum absolute atomic E-state index is 13.3. The molecule has 1 atom stereocenters. The lowest BCUT2D eigenvalue weighted by atomic mass is 10.1. The fourth-order valence-corrected chi connectivity index (χ4v) is 3.60. The number of benzene rings is 1. The van der Waals surface area contributed by atoms with Crippen LogP contribution in [0.5, 0.6) is 0 Å². The summed E-state index contributed by atoms with van der Waals surface area (Å²) >= 11 is 0. The van der Waals surface area contributed by atoms with Crippen LogP contribution in [0.25, 0.3) is 0 Å². The molecule has 1 aromatic rings. The Balaban J connectivity index is 2.14. The van der Waals surface area contributed by atoms with Crippen LogP contribution in [0.1, 0.15) is 6.42 Å². The van der Waals surface area contributed by atoms with Crippen LogP contribution in [0, 0.1) is 23.4 Å². The molecule has 0 unspecified atom stereocenters. The molecule has 1 amide bonds. The van der Waals surface area contributed by atoms with Gasteiger partial charge in [-0.2, -0.15) is 0 Å². The van der Waals surface area contributed by atoms with E-state index in [1.165, 1.54) is 0 Å². The van der Waals surface area contributed by atoms with Crippen LogP contribution in [-0.4, -0.2) is 25.8 Å². The number of sulfone groups is 1. The third kappa shape index (κ3) is 2.89. The average molecular weight is 293 g/mol. The summed E-state index contributed by atoms with van der Waals surface area (Å²) in [5, 5.41) is 2.07. The zero-order valence-corrected chi connectivity index (χ0v) is 10.4. The maximum atomic E-state index is 13.3. The highest BCUT2D eigenvalue weighted by Gasteiger charge is 2.33. The van der Waals surface area contributed by atoms with Gasteiger partial charge in [0.2, 0.25) is 5.91 Å². The number of hydrogen-bond acceptors (Lipinski definition) is 3. The van der Waals surface area contributed by atoms with E-state index in [4.69, 9.17) is 0 Å². The van der Waals surface area contributed by atoms with Gasteiger partial charge in [0.05, 0.1) is 23.1 Å². The number of amides is 1. The van der Waals surface area contributed by atoms with E-state index in [1.54, 1.807) is 0 Å². The Bertz CT molecular complexity index is 630. The Labute approximate surface area is 107 Å². The topological polar surface area (TPSA) is 63.2 Å². The second kappa shape index (κ2) is 4.84. The molecule has 1 aromatic carbocycles. The summed E-state index contributed by atoms with van der Waals surface area (Å²) in [5.74, 6) is -6.48. The molecule has 0 bridgehead atoms. The fraction of sp³-hybridized carbons (Fsp3) is 0.364. The van der Waals surface area contributed by atoms with E-state index in [-0.39, 0.29) is 17.9 Å². The van der Waals surface area contributed by atoms with Crippen LogP contribution in [0.3, 0.4) is 0 Å². The molecule has 0 spiro atoms. The van der Waals surface area contributed by atoms with Gasteiger partial charge in [0, 0.05) is 0 Å². The summed E-state index contributed by atoms with van der Waals surface area (Å²) in [5.41, 5.74) is -0.506. The van der Waals surface area contributed by atoms with Gasteiger partial charge < -0.3 is 5.32 Å². The zero-order valence-electron chi connectivity index (χ0n) is 9.62. The molecule has 0 radical (unpaired) electrons. The summed E-state index contributed by atoms with van der Waals surface area (Å²) in [6.45, 7) is 0. The third-order valence-electron chi connectivity index (χ3n) is 2.90. The third-order valence-corrected chi connectivity index (χ3v) is 4.66. The van der Waals surface area contributed by atoms with Crippen LogP contribution >= 0.6 is 0 Å². The van der Waals surface area contributed by atoms with E-state index in [0.29, 0.717) is 6.07 Å². The van der Waals surface area contributed by atoms with Crippen LogP contribution in [0.15, 0.2) is 12.1 Å². The van der Waals surface area contributed by atoms with Gasteiger partial charge in [0.1, 0.15) is 0 Å². The SMILES string of the molecule is O=C(Nc1ccc(F)c(F)c1F)[C@@H]1CCS(=O)(=O)C1. The molecule has 19 heavy (non-hydrogen) atoms. The van der Waals surface area contributed by atoms with Crippen LogP contribution in [-0.2, 0) is 14.6 Å². The van der Waals surface area contributed by atoms with Crippen LogP contribution < -0.4 is 5.32 Å². The Hall–Kier alpha value is -1.57. The molecule has 1 N–H and O–H groups in total. The Morgan fingerprint density at radius 1 is 1.21 bits per heavy atom. The molecule has 1 heterocycles. The summed E-state index contributed by atoms with van der Waals surface area (Å²) in [7, 11) is -3.25. The molecule has 104 valence electrons. The van der Waals surface area contributed by atoms with Gasteiger partial charge in [0.25, 0.3) is 0 Å². The standard InChI is InChI=1S/C11H10F3NO3S/c12-7-1-2-8(10(14)9(7)13)15-11(16)6-3-4-19(17,18)5-6/h1-2,6H,3-5H2,(H,15,16)/t6-/m1/s1. The van der Waals surface area contributed by atoms with E-state index in [9.17, 15) is 26.4 Å². The number of halogens is 3. The predicted molar refractivity (Wildman–Crippen MR) is 61.7 cm³/mol. The van der Waals surface area contributed by atoms with Crippen LogP contribution in [0.4, 0.5) is 18.9 Å². The first-order valence-corrected chi connectivity index (χ1v) is 7.27. The molecule has 0 saturated carbocycles. The molecule has 4 nitrogen and oxygen atoms in total. The molecule has 1 fully saturated rings. The highest BCUT2D eigenvalue weighted by atomic mass is 32.2. The van der Waals surface area contributed by atoms with Gasteiger partial charge in [-0.1, -0.05) is 0 Å². The quantitative estimate of drug-likeness (QED) is 0.840. The van der Waals surface area contributed by atoms with Crippen molar-refractivity contribution in [2.45, 2.75) is 6.42 Å².